The molecule has 0 spiro atoms. The lowest BCUT2D eigenvalue weighted by atomic mass is 10.1. The Morgan fingerprint density at radius 1 is 1.38 bits per heavy atom. The van der Waals surface area contributed by atoms with E-state index in [4.69, 9.17) is 11.6 Å². The molecule has 0 aliphatic carbocycles. The van der Waals surface area contributed by atoms with Gasteiger partial charge in [0.2, 0.25) is 0 Å². The van der Waals surface area contributed by atoms with E-state index in [9.17, 15) is 22.0 Å². The first-order chi connectivity index (χ1) is 7.29. The van der Waals surface area contributed by atoms with Crippen LogP contribution in [0.1, 0.15) is 23.2 Å². The zero-order chi connectivity index (χ0) is 12.5. The summed E-state index contributed by atoms with van der Waals surface area (Å²) in [4.78, 5) is 3.12. The predicted molar refractivity (Wildman–Crippen MR) is 56.5 cm³/mol. The highest BCUT2D eigenvalue weighted by Gasteiger charge is 2.35. The van der Waals surface area contributed by atoms with Crippen molar-refractivity contribution in [3.63, 3.8) is 0 Å². The van der Waals surface area contributed by atoms with Crippen molar-refractivity contribution in [1.29, 1.82) is 0 Å². The second-order valence-corrected chi connectivity index (χ2v) is 4.13. The molecule has 1 heterocycles. The smallest absolute Gasteiger partial charge is 0.254 e. The average molecular weight is 371 g/mol. The molecule has 1 rings (SSSR count). The number of nitrogens with zero attached hydrogens (tertiary/aromatic N) is 1. The van der Waals surface area contributed by atoms with Gasteiger partial charge < -0.3 is 0 Å². The summed E-state index contributed by atoms with van der Waals surface area (Å²) < 4.78 is 61.9. The Morgan fingerprint density at radius 2 is 1.94 bits per heavy atom. The van der Waals surface area contributed by atoms with Crippen molar-refractivity contribution in [2.24, 2.45) is 0 Å². The minimum atomic E-state index is -4.64. The molecule has 0 fully saturated rings. The van der Waals surface area contributed by atoms with Gasteiger partial charge in [-0.1, -0.05) is 0 Å². The molecule has 0 bridgehead atoms. The van der Waals surface area contributed by atoms with Crippen LogP contribution >= 0.6 is 34.2 Å². The van der Waals surface area contributed by atoms with Crippen LogP contribution in [0, 0.1) is 3.57 Å². The quantitative estimate of drug-likeness (QED) is 0.427. The molecule has 1 aromatic heterocycles. The first-order valence-electron chi connectivity index (χ1n) is 3.87. The van der Waals surface area contributed by atoms with E-state index >= 15 is 0 Å². The zero-order valence-electron chi connectivity index (χ0n) is 7.45. The van der Waals surface area contributed by atoms with Gasteiger partial charge in [-0.15, -0.1) is 11.6 Å². The van der Waals surface area contributed by atoms with Crippen LogP contribution < -0.4 is 0 Å². The molecule has 1 nitrogen and oxygen atoms in total. The second kappa shape index (κ2) is 4.99. The van der Waals surface area contributed by atoms with E-state index in [0.717, 1.165) is 0 Å². The van der Waals surface area contributed by atoms with Gasteiger partial charge in [0.1, 0.15) is 5.69 Å². The lowest BCUT2D eigenvalue weighted by molar-refractivity contribution is -0.138. The maximum Gasteiger partial charge on any atom is 0.418 e. The van der Waals surface area contributed by atoms with Crippen LogP contribution in [-0.2, 0) is 12.1 Å². The molecule has 0 saturated carbocycles. The van der Waals surface area contributed by atoms with Crippen molar-refractivity contribution < 1.29 is 22.0 Å². The summed E-state index contributed by atoms with van der Waals surface area (Å²) in [7, 11) is 0. The summed E-state index contributed by atoms with van der Waals surface area (Å²) in [5.74, 6) is -0.491. The zero-order valence-corrected chi connectivity index (χ0v) is 10.4. The maximum absolute atomic E-state index is 12.5. The van der Waals surface area contributed by atoms with Crippen LogP contribution in [0.5, 0.6) is 0 Å². The molecule has 0 aliphatic rings. The van der Waals surface area contributed by atoms with Gasteiger partial charge in [-0.3, -0.25) is 4.98 Å². The SMILES string of the molecule is FC(F)c1ncc(C(F)(F)F)c(CCl)c1I. The molecule has 0 radical (unpaired) electrons. The van der Waals surface area contributed by atoms with E-state index in [1.165, 1.54) is 22.6 Å². The third-order valence-electron chi connectivity index (χ3n) is 1.79. The monoisotopic (exact) mass is 371 g/mol. The van der Waals surface area contributed by atoms with Crippen LogP contribution in [0.25, 0.3) is 0 Å². The van der Waals surface area contributed by atoms with E-state index in [-0.39, 0.29) is 9.13 Å². The Balaban J connectivity index is 3.41. The molecule has 90 valence electrons. The molecule has 0 atom stereocenters. The molecule has 0 N–H and O–H groups in total. The fraction of sp³-hybridized carbons (Fsp3) is 0.375. The minimum absolute atomic E-state index is 0.238. The number of hydrogen-bond donors (Lipinski definition) is 0. The second-order valence-electron chi connectivity index (χ2n) is 2.78. The van der Waals surface area contributed by atoms with Crippen molar-refractivity contribution in [3.8, 4) is 0 Å². The minimum Gasteiger partial charge on any atom is -0.254 e. The molecular formula is C8H4ClF5IN. The first kappa shape index (κ1) is 13.9. The normalized spacial score (nSPS) is 12.2. The van der Waals surface area contributed by atoms with Gasteiger partial charge in [0.15, 0.2) is 0 Å². The standard InChI is InChI=1S/C8H4ClF5IN/c9-1-3-4(8(12,13)14)2-16-6(5(3)15)7(10)11/h2,7H,1H2. The molecule has 0 unspecified atom stereocenters. The average Bonchev–Trinajstić information content (AvgIpc) is 2.15. The highest BCUT2D eigenvalue weighted by atomic mass is 127. The van der Waals surface area contributed by atoms with E-state index in [0.29, 0.717) is 6.20 Å². The Hall–Kier alpha value is -0.180. The number of aromatic nitrogens is 1. The van der Waals surface area contributed by atoms with Crippen molar-refractivity contribution in [3.05, 3.63) is 26.6 Å². The molecular weight excluding hydrogens is 367 g/mol. The summed E-state index contributed by atoms with van der Waals surface area (Å²) in [5, 5.41) is 0. The number of hydrogen-bond acceptors (Lipinski definition) is 1. The Labute approximate surface area is 106 Å². The highest BCUT2D eigenvalue weighted by Crippen LogP contribution is 2.36. The van der Waals surface area contributed by atoms with Crippen molar-refractivity contribution in [2.45, 2.75) is 18.5 Å². The van der Waals surface area contributed by atoms with Crippen LogP contribution in [0.4, 0.5) is 22.0 Å². The van der Waals surface area contributed by atoms with Crippen LogP contribution in [0.15, 0.2) is 6.20 Å². The van der Waals surface area contributed by atoms with Crippen LogP contribution in [-0.4, -0.2) is 4.98 Å². The molecule has 0 amide bonds. The Bertz CT molecular complexity index is 393. The largest absolute Gasteiger partial charge is 0.418 e. The predicted octanol–water partition coefficient (Wildman–Crippen LogP) is 4.38. The fourth-order valence-electron chi connectivity index (χ4n) is 1.07. The van der Waals surface area contributed by atoms with Gasteiger partial charge in [0, 0.05) is 15.6 Å². The Kier molecular flexibility index (Phi) is 4.33. The molecule has 0 saturated heterocycles. The van der Waals surface area contributed by atoms with Crippen LogP contribution in [0.3, 0.4) is 0 Å². The molecule has 0 aromatic carbocycles. The molecule has 0 aliphatic heterocycles. The van der Waals surface area contributed by atoms with Gasteiger partial charge in [0.05, 0.1) is 5.56 Å². The lowest BCUT2D eigenvalue weighted by Gasteiger charge is -2.14. The molecule has 16 heavy (non-hydrogen) atoms. The first-order valence-corrected chi connectivity index (χ1v) is 5.49. The van der Waals surface area contributed by atoms with Crippen molar-refractivity contribution >= 4 is 34.2 Å². The van der Waals surface area contributed by atoms with Crippen molar-refractivity contribution in [1.82, 2.24) is 4.98 Å². The summed E-state index contributed by atoms with van der Waals surface area (Å²) in [6.07, 6.45) is -7.17. The van der Waals surface area contributed by atoms with Gasteiger partial charge in [-0.2, -0.15) is 13.2 Å². The number of pyridine rings is 1. The topological polar surface area (TPSA) is 12.9 Å². The third-order valence-corrected chi connectivity index (χ3v) is 3.26. The summed E-state index contributed by atoms with van der Waals surface area (Å²) in [5.41, 5.74) is -2.11. The van der Waals surface area contributed by atoms with E-state index in [1.54, 1.807) is 0 Å². The molecule has 1 aromatic rings. The number of rotatable bonds is 2. The summed E-state index contributed by atoms with van der Waals surface area (Å²) >= 11 is 6.74. The maximum atomic E-state index is 12.5. The summed E-state index contributed by atoms with van der Waals surface area (Å²) in [6.45, 7) is 0. The van der Waals surface area contributed by atoms with E-state index in [2.05, 4.69) is 4.98 Å². The highest BCUT2D eigenvalue weighted by molar-refractivity contribution is 14.1. The lowest BCUT2D eigenvalue weighted by Crippen LogP contribution is -2.12. The van der Waals surface area contributed by atoms with E-state index in [1.807, 2.05) is 0 Å². The van der Waals surface area contributed by atoms with Gasteiger partial charge in [-0.05, 0) is 28.2 Å². The Morgan fingerprint density at radius 3 is 2.31 bits per heavy atom. The van der Waals surface area contributed by atoms with Crippen molar-refractivity contribution in [2.75, 3.05) is 0 Å². The molecule has 8 heteroatoms. The summed E-state index contributed by atoms with van der Waals surface area (Å²) in [6, 6.07) is 0. The van der Waals surface area contributed by atoms with Gasteiger partial charge in [0.25, 0.3) is 6.43 Å². The van der Waals surface area contributed by atoms with E-state index < -0.39 is 29.7 Å². The number of alkyl halides is 6. The van der Waals surface area contributed by atoms with Gasteiger partial charge in [-0.25, -0.2) is 8.78 Å². The number of halogens is 7. The fourth-order valence-corrected chi connectivity index (χ4v) is 2.43. The van der Waals surface area contributed by atoms with Gasteiger partial charge >= 0.3 is 6.18 Å². The van der Waals surface area contributed by atoms with Crippen LogP contribution in [0.2, 0.25) is 0 Å². The third kappa shape index (κ3) is 2.73.